The van der Waals surface area contributed by atoms with E-state index >= 15 is 0 Å². The van der Waals surface area contributed by atoms with E-state index in [0.29, 0.717) is 41.0 Å². The largest absolute Gasteiger partial charge is 0.490 e. The van der Waals surface area contributed by atoms with Gasteiger partial charge in [-0.3, -0.25) is 0 Å². The summed E-state index contributed by atoms with van der Waals surface area (Å²) in [5, 5.41) is 12.2. The summed E-state index contributed by atoms with van der Waals surface area (Å²) in [5.41, 5.74) is 6.74. The predicted molar refractivity (Wildman–Crippen MR) is 78.8 cm³/mol. The smallest absolute Gasteiger partial charge is 0.146 e. The molecule has 102 valence electrons. The number of nitrogens with zero attached hydrogens (tertiary/aromatic N) is 2. The van der Waals surface area contributed by atoms with Gasteiger partial charge in [-0.25, -0.2) is 4.98 Å². The van der Waals surface area contributed by atoms with Gasteiger partial charge in [0.2, 0.25) is 0 Å². The molecule has 2 rings (SSSR count). The number of halogens is 1. The maximum Gasteiger partial charge on any atom is 0.146 e. The van der Waals surface area contributed by atoms with Crippen molar-refractivity contribution in [3.8, 4) is 11.8 Å². The van der Waals surface area contributed by atoms with Gasteiger partial charge in [-0.15, -0.1) is 0 Å². The molecule has 5 nitrogen and oxygen atoms in total. The third kappa shape index (κ3) is 3.31. The Labute approximate surface area is 122 Å². The van der Waals surface area contributed by atoms with E-state index in [1.807, 2.05) is 18.2 Å². The number of para-hydroxylation sites is 2. The molecule has 0 aliphatic rings. The highest BCUT2D eigenvalue weighted by Crippen LogP contribution is 2.23. The van der Waals surface area contributed by atoms with Crippen LogP contribution in [0.3, 0.4) is 0 Å². The minimum atomic E-state index is 0.314. The van der Waals surface area contributed by atoms with Crippen molar-refractivity contribution in [3.63, 3.8) is 0 Å². The molecule has 0 saturated heterocycles. The molecule has 1 aromatic heterocycles. The van der Waals surface area contributed by atoms with Crippen LogP contribution in [0, 0.1) is 11.3 Å². The van der Waals surface area contributed by atoms with Gasteiger partial charge in [0.1, 0.15) is 29.3 Å². The minimum absolute atomic E-state index is 0.314. The summed E-state index contributed by atoms with van der Waals surface area (Å²) in [6.07, 6.45) is 1.53. The molecule has 0 fully saturated rings. The lowest BCUT2D eigenvalue weighted by atomic mass is 10.3. The Kier molecular flexibility index (Phi) is 4.64. The molecule has 0 saturated carbocycles. The second-order valence-corrected chi connectivity index (χ2v) is 4.32. The second-order valence-electron chi connectivity index (χ2n) is 3.95. The Morgan fingerprint density at radius 2 is 2.15 bits per heavy atom. The summed E-state index contributed by atoms with van der Waals surface area (Å²) >= 11 is 6.02. The zero-order chi connectivity index (χ0) is 14.4. The normalized spacial score (nSPS) is 9.80. The summed E-state index contributed by atoms with van der Waals surface area (Å²) in [4.78, 5) is 4.07. The van der Waals surface area contributed by atoms with Gasteiger partial charge in [0, 0.05) is 6.20 Å². The van der Waals surface area contributed by atoms with E-state index in [1.54, 1.807) is 18.2 Å². The van der Waals surface area contributed by atoms with Gasteiger partial charge < -0.3 is 15.8 Å². The molecule has 0 bridgehead atoms. The van der Waals surface area contributed by atoms with Crippen LogP contribution >= 0.6 is 11.6 Å². The molecule has 0 radical (unpaired) electrons. The maximum absolute atomic E-state index is 8.87. The van der Waals surface area contributed by atoms with Crippen LogP contribution < -0.4 is 15.8 Å². The highest BCUT2D eigenvalue weighted by Gasteiger charge is 2.06. The minimum Gasteiger partial charge on any atom is -0.490 e. The van der Waals surface area contributed by atoms with E-state index in [-0.39, 0.29) is 0 Å². The molecule has 2 aromatic rings. The molecular weight excluding hydrogens is 276 g/mol. The van der Waals surface area contributed by atoms with Crippen molar-refractivity contribution < 1.29 is 4.74 Å². The quantitative estimate of drug-likeness (QED) is 0.653. The number of nitrogen functional groups attached to an aromatic ring is 1. The molecule has 1 aromatic carbocycles. The molecule has 0 atom stereocenters. The Bertz CT molecular complexity index is 639. The van der Waals surface area contributed by atoms with Crippen molar-refractivity contribution >= 4 is 23.1 Å². The van der Waals surface area contributed by atoms with Crippen molar-refractivity contribution in [2.45, 2.75) is 0 Å². The van der Waals surface area contributed by atoms with Gasteiger partial charge in [-0.1, -0.05) is 23.7 Å². The first kappa shape index (κ1) is 14.0. The molecule has 0 aliphatic heterocycles. The van der Waals surface area contributed by atoms with Gasteiger partial charge in [0.15, 0.2) is 0 Å². The molecular formula is C14H13ClN4O. The van der Waals surface area contributed by atoms with Crippen LogP contribution in [-0.4, -0.2) is 18.1 Å². The molecule has 20 heavy (non-hydrogen) atoms. The standard InChI is InChI=1S/C14H13ClN4O/c15-13-10(9-16)5-6-18-14(13)19-7-8-20-12-4-2-1-3-11(12)17/h1-6H,7-8,17H2,(H,18,19). The number of nitriles is 1. The Balaban J connectivity index is 1.88. The molecule has 0 amide bonds. The summed E-state index contributed by atoms with van der Waals surface area (Å²) in [6, 6.07) is 10.8. The van der Waals surface area contributed by atoms with E-state index in [0.717, 1.165) is 0 Å². The van der Waals surface area contributed by atoms with Gasteiger partial charge in [-0.2, -0.15) is 5.26 Å². The first-order valence-electron chi connectivity index (χ1n) is 5.98. The maximum atomic E-state index is 8.87. The number of ether oxygens (including phenoxy) is 1. The van der Waals surface area contributed by atoms with E-state index in [9.17, 15) is 0 Å². The van der Waals surface area contributed by atoms with Crippen molar-refractivity contribution in [1.82, 2.24) is 4.98 Å². The van der Waals surface area contributed by atoms with Crippen LogP contribution in [0.5, 0.6) is 5.75 Å². The third-order valence-corrected chi connectivity index (χ3v) is 2.96. The number of hydrogen-bond donors (Lipinski definition) is 2. The lowest BCUT2D eigenvalue weighted by molar-refractivity contribution is 0.334. The van der Waals surface area contributed by atoms with Crippen molar-refractivity contribution in [2.75, 3.05) is 24.2 Å². The average Bonchev–Trinajstić information content (AvgIpc) is 2.47. The molecule has 0 aliphatic carbocycles. The van der Waals surface area contributed by atoms with Crippen molar-refractivity contribution in [2.24, 2.45) is 0 Å². The zero-order valence-corrected chi connectivity index (χ0v) is 11.4. The number of hydrogen-bond acceptors (Lipinski definition) is 5. The molecule has 0 unspecified atom stereocenters. The summed E-state index contributed by atoms with van der Waals surface area (Å²) in [6.45, 7) is 0.902. The van der Waals surface area contributed by atoms with E-state index in [1.165, 1.54) is 6.20 Å². The first-order valence-corrected chi connectivity index (χ1v) is 6.36. The SMILES string of the molecule is N#Cc1ccnc(NCCOc2ccccc2N)c1Cl. The van der Waals surface area contributed by atoms with Gasteiger partial charge in [0.05, 0.1) is 17.8 Å². The monoisotopic (exact) mass is 288 g/mol. The zero-order valence-electron chi connectivity index (χ0n) is 10.6. The number of aromatic nitrogens is 1. The van der Waals surface area contributed by atoms with Crippen LogP contribution in [0.2, 0.25) is 5.02 Å². The second kappa shape index (κ2) is 6.64. The Morgan fingerprint density at radius 1 is 1.35 bits per heavy atom. The predicted octanol–water partition coefficient (Wildman–Crippen LogP) is 2.68. The van der Waals surface area contributed by atoms with Crippen LogP contribution in [0.25, 0.3) is 0 Å². The highest BCUT2D eigenvalue weighted by atomic mass is 35.5. The van der Waals surface area contributed by atoms with Crippen molar-refractivity contribution in [3.05, 3.63) is 47.1 Å². The van der Waals surface area contributed by atoms with Gasteiger partial charge >= 0.3 is 0 Å². The number of nitrogens with one attached hydrogen (secondary N) is 1. The molecule has 0 spiro atoms. The number of benzene rings is 1. The van der Waals surface area contributed by atoms with Crippen LogP contribution in [0.1, 0.15) is 5.56 Å². The fraction of sp³-hybridized carbons (Fsp3) is 0.143. The van der Waals surface area contributed by atoms with E-state index in [2.05, 4.69) is 10.3 Å². The fourth-order valence-corrected chi connectivity index (χ4v) is 1.82. The van der Waals surface area contributed by atoms with Gasteiger partial charge in [0.25, 0.3) is 0 Å². The highest BCUT2D eigenvalue weighted by molar-refractivity contribution is 6.34. The Hall–Kier alpha value is -2.45. The van der Waals surface area contributed by atoms with Crippen LogP contribution in [0.15, 0.2) is 36.5 Å². The van der Waals surface area contributed by atoms with Crippen molar-refractivity contribution in [1.29, 1.82) is 5.26 Å². The molecule has 3 N–H and O–H groups in total. The summed E-state index contributed by atoms with van der Waals surface area (Å²) < 4.78 is 5.53. The van der Waals surface area contributed by atoms with Crippen LogP contribution in [-0.2, 0) is 0 Å². The van der Waals surface area contributed by atoms with E-state index in [4.69, 9.17) is 27.3 Å². The Morgan fingerprint density at radius 3 is 2.90 bits per heavy atom. The third-order valence-electron chi connectivity index (χ3n) is 2.58. The number of rotatable bonds is 5. The van der Waals surface area contributed by atoms with Crippen LogP contribution in [0.4, 0.5) is 11.5 Å². The summed E-state index contributed by atoms with van der Waals surface area (Å²) in [5.74, 6) is 1.11. The lowest BCUT2D eigenvalue weighted by Gasteiger charge is -2.10. The molecule has 6 heteroatoms. The number of anilines is 2. The number of pyridine rings is 1. The molecule has 1 heterocycles. The number of nitrogens with two attached hydrogens (primary N) is 1. The fourth-order valence-electron chi connectivity index (χ4n) is 1.60. The lowest BCUT2D eigenvalue weighted by Crippen LogP contribution is -2.13. The average molecular weight is 289 g/mol. The first-order chi connectivity index (χ1) is 9.72. The van der Waals surface area contributed by atoms with Gasteiger partial charge in [-0.05, 0) is 18.2 Å². The van der Waals surface area contributed by atoms with E-state index < -0.39 is 0 Å². The summed E-state index contributed by atoms with van der Waals surface area (Å²) in [7, 11) is 0. The topological polar surface area (TPSA) is 84.0 Å².